The maximum Gasteiger partial charge on any atom is 0.351 e. The van der Waals surface area contributed by atoms with Crippen molar-refractivity contribution in [1.29, 1.82) is 5.26 Å². The van der Waals surface area contributed by atoms with Gasteiger partial charge in [-0.3, -0.25) is 4.57 Å². The zero-order valence-electron chi connectivity index (χ0n) is 18.3. The molecule has 0 aliphatic carbocycles. The van der Waals surface area contributed by atoms with Crippen molar-refractivity contribution in [2.75, 3.05) is 7.11 Å². The van der Waals surface area contributed by atoms with Gasteiger partial charge in [-0.2, -0.15) is 10.2 Å². The van der Waals surface area contributed by atoms with Crippen LogP contribution in [0.4, 0.5) is 0 Å². The minimum atomic E-state index is -0.361. The zero-order valence-corrected chi connectivity index (χ0v) is 18.3. The highest BCUT2D eigenvalue weighted by atomic mass is 16.5. The van der Waals surface area contributed by atoms with E-state index < -0.39 is 0 Å². The predicted octanol–water partition coefficient (Wildman–Crippen LogP) is 3.51. The number of benzene rings is 2. The van der Waals surface area contributed by atoms with E-state index in [1.807, 2.05) is 18.2 Å². The standard InChI is InChI=1S/C25H19N5O4/c1-32-19-3-4-21-17(9-19)6-7-30-22(21)10-24(29-25(30)31)33-14-16-2-5-23(18(8-16)11-26)34-20-12-27-15-28-13-20/h2-5,8-10,12-13,15H,6-7,14H2,1H3. The largest absolute Gasteiger partial charge is 0.497 e. The van der Waals surface area contributed by atoms with Crippen molar-refractivity contribution >= 4 is 0 Å². The molecule has 4 aromatic rings. The molecule has 9 heteroatoms. The smallest absolute Gasteiger partial charge is 0.351 e. The predicted molar refractivity (Wildman–Crippen MR) is 122 cm³/mol. The van der Waals surface area contributed by atoms with Crippen molar-refractivity contribution in [3.63, 3.8) is 0 Å². The maximum absolute atomic E-state index is 12.6. The molecule has 0 unspecified atom stereocenters. The van der Waals surface area contributed by atoms with Crippen LogP contribution in [0.3, 0.4) is 0 Å². The van der Waals surface area contributed by atoms with E-state index in [9.17, 15) is 10.1 Å². The molecule has 0 fully saturated rings. The number of ether oxygens (including phenoxy) is 3. The Hall–Kier alpha value is -4.71. The zero-order chi connectivity index (χ0) is 23.5. The quantitative estimate of drug-likeness (QED) is 0.436. The Morgan fingerprint density at radius 1 is 1.09 bits per heavy atom. The molecule has 0 saturated heterocycles. The first-order chi connectivity index (χ1) is 16.6. The van der Waals surface area contributed by atoms with E-state index in [2.05, 4.69) is 21.0 Å². The van der Waals surface area contributed by atoms with Gasteiger partial charge in [-0.15, -0.1) is 0 Å². The Labute approximate surface area is 194 Å². The molecule has 168 valence electrons. The Bertz CT molecular complexity index is 1460. The molecule has 0 spiro atoms. The summed E-state index contributed by atoms with van der Waals surface area (Å²) in [4.78, 5) is 24.5. The monoisotopic (exact) mass is 453 g/mol. The number of nitriles is 1. The van der Waals surface area contributed by atoms with Crippen molar-refractivity contribution in [3.05, 3.63) is 88.4 Å². The Morgan fingerprint density at radius 3 is 2.74 bits per heavy atom. The number of methoxy groups -OCH3 is 1. The Balaban J connectivity index is 1.37. The number of nitrogens with zero attached hydrogens (tertiary/aromatic N) is 5. The fraction of sp³-hybridized carbons (Fsp3) is 0.160. The van der Waals surface area contributed by atoms with E-state index in [1.165, 1.54) is 18.7 Å². The molecule has 2 aromatic carbocycles. The van der Waals surface area contributed by atoms with Gasteiger partial charge >= 0.3 is 5.69 Å². The van der Waals surface area contributed by atoms with Crippen LogP contribution in [0, 0.1) is 11.3 Å². The molecule has 0 saturated carbocycles. The third-order valence-corrected chi connectivity index (χ3v) is 5.50. The maximum atomic E-state index is 12.6. The summed E-state index contributed by atoms with van der Waals surface area (Å²) in [6, 6.07) is 14.8. The van der Waals surface area contributed by atoms with Gasteiger partial charge in [0.15, 0.2) is 5.75 Å². The van der Waals surface area contributed by atoms with Gasteiger partial charge in [0.25, 0.3) is 0 Å². The van der Waals surface area contributed by atoms with Crippen molar-refractivity contribution in [2.45, 2.75) is 19.6 Å². The molecule has 1 aliphatic heterocycles. The first kappa shape index (κ1) is 21.2. The van der Waals surface area contributed by atoms with Gasteiger partial charge < -0.3 is 14.2 Å². The first-order valence-electron chi connectivity index (χ1n) is 10.5. The van der Waals surface area contributed by atoms with E-state index in [-0.39, 0.29) is 18.2 Å². The number of hydrogen-bond donors (Lipinski definition) is 0. The molecule has 0 atom stereocenters. The van der Waals surface area contributed by atoms with Crippen LogP contribution >= 0.6 is 0 Å². The van der Waals surface area contributed by atoms with Crippen molar-refractivity contribution in [2.24, 2.45) is 0 Å². The number of aryl methyl sites for hydroxylation is 1. The number of aromatic nitrogens is 4. The highest BCUT2D eigenvalue weighted by Crippen LogP contribution is 2.32. The van der Waals surface area contributed by atoms with Crippen molar-refractivity contribution in [3.8, 4) is 40.5 Å². The molecule has 1 aliphatic rings. The fourth-order valence-corrected chi connectivity index (χ4v) is 3.85. The number of rotatable bonds is 6. The average molecular weight is 453 g/mol. The van der Waals surface area contributed by atoms with E-state index >= 15 is 0 Å². The van der Waals surface area contributed by atoms with Gasteiger partial charge in [0.05, 0.1) is 30.8 Å². The minimum absolute atomic E-state index is 0.134. The summed E-state index contributed by atoms with van der Waals surface area (Å²) >= 11 is 0. The van der Waals surface area contributed by atoms with E-state index in [0.29, 0.717) is 23.6 Å². The number of hydrogen-bond acceptors (Lipinski definition) is 8. The molecule has 3 heterocycles. The summed E-state index contributed by atoms with van der Waals surface area (Å²) in [5.74, 6) is 1.82. The molecule has 0 bridgehead atoms. The Morgan fingerprint density at radius 2 is 1.94 bits per heavy atom. The second-order valence-electron chi connectivity index (χ2n) is 7.59. The minimum Gasteiger partial charge on any atom is -0.497 e. The summed E-state index contributed by atoms with van der Waals surface area (Å²) in [6.45, 7) is 0.676. The molecule has 0 amide bonds. The highest BCUT2D eigenvalue weighted by molar-refractivity contribution is 5.67. The lowest BCUT2D eigenvalue weighted by Gasteiger charge is -2.22. The molecule has 9 nitrogen and oxygen atoms in total. The van der Waals surface area contributed by atoms with Crippen LogP contribution in [0.25, 0.3) is 11.3 Å². The summed E-state index contributed by atoms with van der Waals surface area (Å²) in [6.07, 6.45) is 5.15. The SMILES string of the molecule is COc1ccc2c(c1)CCn1c-2cc(OCc2ccc(Oc3cncnc3)c(C#N)c2)nc1=O. The Kier molecular flexibility index (Phi) is 5.62. The number of fused-ring (bicyclic) bond motifs is 3. The van der Waals surface area contributed by atoms with Gasteiger partial charge in [0.1, 0.15) is 30.5 Å². The van der Waals surface area contributed by atoms with Gasteiger partial charge in [0.2, 0.25) is 5.88 Å². The van der Waals surface area contributed by atoms with E-state index in [4.69, 9.17) is 14.2 Å². The van der Waals surface area contributed by atoms with Crippen LogP contribution in [0.5, 0.6) is 23.1 Å². The van der Waals surface area contributed by atoms with Crippen LogP contribution < -0.4 is 19.9 Å². The lowest BCUT2D eigenvalue weighted by molar-refractivity contribution is 0.291. The molecule has 0 radical (unpaired) electrons. The van der Waals surface area contributed by atoms with E-state index in [1.54, 1.807) is 35.9 Å². The van der Waals surface area contributed by atoms with Gasteiger partial charge in [-0.05, 0) is 47.9 Å². The molecule has 2 aromatic heterocycles. The average Bonchev–Trinajstić information content (AvgIpc) is 2.88. The lowest BCUT2D eigenvalue weighted by atomic mass is 9.97. The van der Waals surface area contributed by atoms with Gasteiger partial charge in [-0.1, -0.05) is 6.07 Å². The highest BCUT2D eigenvalue weighted by Gasteiger charge is 2.20. The van der Waals surface area contributed by atoms with Gasteiger partial charge in [0, 0.05) is 18.2 Å². The topological polar surface area (TPSA) is 112 Å². The van der Waals surface area contributed by atoms with E-state index in [0.717, 1.165) is 34.6 Å². The fourth-order valence-electron chi connectivity index (χ4n) is 3.85. The lowest BCUT2D eigenvalue weighted by Crippen LogP contribution is -2.28. The molecule has 0 N–H and O–H groups in total. The summed E-state index contributed by atoms with van der Waals surface area (Å²) in [7, 11) is 1.63. The van der Waals surface area contributed by atoms with Crippen molar-refractivity contribution in [1.82, 2.24) is 19.5 Å². The second kappa shape index (κ2) is 9.03. The van der Waals surface area contributed by atoms with Crippen LogP contribution in [0.2, 0.25) is 0 Å². The van der Waals surface area contributed by atoms with Crippen LogP contribution in [-0.2, 0) is 19.6 Å². The molecule has 34 heavy (non-hydrogen) atoms. The third-order valence-electron chi connectivity index (χ3n) is 5.50. The second-order valence-corrected chi connectivity index (χ2v) is 7.59. The molecular weight excluding hydrogens is 434 g/mol. The molecule has 5 rings (SSSR count). The summed E-state index contributed by atoms with van der Waals surface area (Å²) in [5, 5.41) is 9.54. The van der Waals surface area contributed by atoms with Crippen molar-refractivity contribution < 1.29 is 14.2 Å². The first-order valence-corrected chi connectivity index (χ1v) is 10.5. The van der Waals surface area contributed by atoms with Crippen LogP contribution in [0.15, 0.2) is 66.0 Å². The molecular formula is C25H19N5O4. The third kappa shape index (κ3) is 4.17. The van der Waals surface area contributed by atoms with Gasteiger partial charge in [-0.25, -0.2) is 14.8 Å². The normalized spacial score (nSPS) is 11.6. The summed E-state index contributed by atoms with van der Waals surface area (Å²) < 4.78 is 18.5. The summed E-state index contributed by atoms with van der Waals surface area (Å²) in [5.41, 5.74) is 3.53. The van der Waals surface area contributed by atoms with Crippen LogP contribution in [-0.4, -0.2) is 26.6 Å². The van der Waals surface area contributed by atoms with Crippen LogP contribution in [0.1, 0.15) is 16.7 Å².